The van der Waals surface area contributed by atoms with Crippen molar-refractivity contribution in [2.45, 2.75) is 63.8 Å². The molecule has 5 nitrogen and oxygen atoms in total. The van der Waals surface area contributed by atoms with Gasteiger partial charge in [-0.2, -0.15) is 0 Å². The minimum absolute atomic E-state index is 0.271. The van der Waals surface area contributed by atoms with Gasteiger partial charge in [0.15, 0.2) is 0 Å². The largest absolute Gasteiger partial charge is 0.505 e. The van der Waals surface area contributed by atoms with Crippen molar-refractivity contribution in [3.05, 3.63) is 17.0 Å². The van der Waals surface area contributed by atoms with Crippen LogP contribution in [-0.4, -0.2) is 43.3 Å². The Balaban J connectivity index is 1.43. The highest BCUT2D eigenvalue weighted by molar-refractivity contribution is 7.22. The highest BCUT2D eigenvalue weighted by atomic mass is 32.1. The molecule has 0 radical (unpaired) electrons. The molecule has 4 rings (SSSR count). The molecule has 0 saturated carbocycles. The van der Waals surface area contributed by atoms with E-state index in [1.165, 1.54) is 17.7 Å². The number of hydrogen-bond donors (Lipinski definition) is 2. The van der Waals surface area contributed by atoms with Crippen LogP contribution in [0.15, 0.2) is 17.1 Å². The number of aliphatic imine (C=N–C) groups is 1. The molecule has 130 valence electrons. The average molecular weight is 347 g/mol. The maximum absolute atomic E-state index is 6.16. The number of nitrogens with zero attached hydrogens (tertiary/aromatic N) is 1. The number of amidine groups is 1. The average Bonchev–Trinajstić information content (AvgIpc) is 3.26. The standard InChI is InChI=1S/C17H26BN3O2S/c1-16(2)17(3,4)23-18(22-16)14-8-7-13(24-14)12-10-20-15(21-12)11-6-5-9-19-11/h7-8,11-12,19H,5-6,9-10H2,1-4H3,(H,20,21). The smallest absolute Gasteiger partial charge is 0.399 e. The lowest BCUT2D eigenvalue weighted by Crippen LogP contribution is -2.41. The van der Waals surface area contributed by atoms with Crippen LogP contribution in [0.1, 0.15) is 51.5 Å². The van der Waals surface area contributed by atoms with E-state index in [2.05, 4.69) is 50.5 Å². The molecule has 2 atom stereocenters. The van der Waals surface area contributed by atoms with Crippen molar-refractivity contribution < 1.29 is 9.31 Å². The normalized spacial score (nSPS) is 31.3. The molecule has 2 saturated heterocycles. The third-order valence-corrected chi connectivity index (χ3v) is 6.85. The quantitative estimate of drug-likeness (QED) is 0.820. The second-order valence-corrected chi connectivity index (χ2v) is 9.05. The summed E-state index contributed by atoms with van der Waals surface area (Å²) in [5.74, 6) is 1.13. The molecule has 4 heterocycles. The van der Waals surface area contributed by atoms with E-state index in [0.717, 1.165) is 23.7 Å². The van der Waals surface area contributed by atoms with E-state index in [9.17, 15) is 0 Å². The monoisotopic (exact) mass is 347 g/mol. The van der Waals surface area contributed by atoms with Gasteiger partial charge in [0.05, 0.1) is 29.8 Å². The lowest BCUT2D eigenvalue weighted by Gasteiger charge is -2.32. The van der Waals surface area contributed by atoms with Crippen LogP contribution in [0.5, 0.6) is 0 Å². The summed E-state index contributed by atoms with van der Waals surface area (Å²) in [4.78, 5) is 6.02. The Morgan fingerprint density at radius 1 is 1.17 bits per heavy atom. The van der Waals surface area contributed by atoms with E-state index in [1.807, 2.05) is 0 Å². The molecule has 24 heavy (non-hydrogen) atoms. The van der Waals surface area contributed by atoms with Crippen LogP contribution in [0, 0.1) is 0 Å². The first-order valence-corrected chi connectivity index (χ1v) is 9.67. The third-order valence-electron chi connectivity index (χ3n) is 5.63. The Kier molecular flexibility index (Phi) is 4.03. The summed E-state index contributed by atoms with van der Waals surface area (Å²) < 4.78 is 13.5. The second kappa shape index (κ2) is 5.83. The molecule has 3 aliphatic rings. The van der Waals surface area contributed by atoms with E-state index < -0.39 is 0 Å². The predicted molar refractivity (Wildman–Crippen MR) is 99.2 cm³/mol. The number of nitrogens with one attached hydrogen (secondary N) is 2. The number of hydrogen-bond acceptors (Lipinski definition) is 6. The lowest BCUT2D eigenvalue weighted by atomic mass is 9.88. The molecule has 7 heteroatoms. The van der Waals surface area contributed by atoms with Gasteiger partial charge < -0.3 is 19.9 Å². The summed E-state index contributed by atoms with van der Waals surface area (Å²) in [6.45, 7) is 10.3. The molecule has 0 spiro atoms. The summed E-state index contributed by atoms with van der Waals surface area (Å²) >= 11 is 1.77. The van der Waals surface area contributed by atoms with E-state index in [1.54, 1.807) is 11.3 Å². The van der Waals surface area contributed by atoms with Crippen molar-refractivity contribution in [2.24, 2.45) is 4.99 Å². The van der Waals surface area contributed by atoms with E-state index in [0.29, 0.717) is 6.04 Å². The first-order valence-electron chi connectivity index (χ1n) is 8.85. The van der Waals surface area contributed by atoms with Gasteiger partial charge in [0.1, 0.15) is 5.84 Å². The molecular formula is C17H26BN3O2S. The van der Waals surface area contributed by atoms with Crippen LogP contribution in [0.25, 0.3) is 0 Å². The summed E-state index contributed by atoms with van der Waals surface area (Å²) in [5, 5.41) is 7.11. The third kappa shape index (κ3) is 2.81. The van der Waals surface area contributed by atoms with Crippen molar-refractivity contribution in [3.63, 3.8) is 0 Å². The van der Waals surface area contributed by atoms with Gasteiger partial charge in [-0.3, -0.25) is 4.99 Å². The van der Waals surface area contributed by atoms with Crippen molar-refractivity contribution in [1.29, 1.82) is 0 Å². The van der Waals surface area contributed by atoms with E-state index >= 15 is 0 Å². The fourth-order valence-electron chi connectivity index (χ4n) is 3.39. The van der Waals surface area contributed by atoms with E-state index in [4.69, 9.17) is 14.3 Å². The first kappa shape index (κ1) is 16.6. The van der Waals surface area contributed by atoms with Crippen molar-refractivity contribution in [1.82, 2.24) is 10.6 Å². The molecule has 0 aliphatic carbocycles. The van der Waals surface area contributed by atoms with Crippen LogP contribution in [0.4, 0.5) is 0 Å². The van der Waals surface area contributed by atoms with Crippen LogP contribution in [0.3, 0.4) is 0 Å². The molecule has 0 aromatic carbocycles. The van der Waals surface area contributed by atoms with Gasteiger partial charge in [-0.15, -0.1) is 11.3 Å². The highest BCUT2D eigenvalue weighted by Crippen LogP contribution is 2.37. The molecule has 1 aromatic rings. The molecule has 2 N–H and O–H groups in total. The van der Waals surface area contributed by atoms with Gasteiger partial charge in [-0.25, -0.2) is 0 Å². The van der Waals surface area contributed by atoms with Gasteiger partial charge in [0.2, 0.25) is 0 Å². The Morgan fingerprint density at radius 3 is 2.58 bits per heavy atom. The van der Waals surface area contributed by atoms with Crippen molar-refractivity contribution >= 4 is 29.1 Å². The Morgan fingerprint density at radius 2 is 1.92 bits per heavy atom. The van der Waals surface area contributed by atoms with Gasteiger partial charge >= 0.3 is 7.12 Å². The maximum atomic E-state index is 6.16. The SMILES string of the molecule is CC1(C)OB(c2ccc(C3CN=C(C4CCCN4)N3)s2)OC1(C)C. The first-order chi connectivity index (χ1) is 11.4. The zero-order valence-corrected chi connectivity index (χ0v) is 15.7. The number of rotatable bonds is 3. The fourth-order valence-corrected chi connectivity index (χ4v) is 4.40. The summed E-state index contributed by atoms with van der Waals surface area (Å²) in [6, 6.07) is 5.01. The van der Waals surface area contributed by atoms with Gasteiger partial charge in [-0.05, 0) is 53.1 Å². The summed E-state index contributed by atoms with van der Waals surface area (Å²) in [5.41, 5.74) is -0.588. The Bertz CT molecular complexity index is 636. The van der Waals surface area contributed by atoms with Gasteiger partial charge in [-0.1, -0.05) is 6.07 Å². The maximum Gasteiger partial charge on any atom is 0.505 e. The minimum atomic E-state index is -0.294. The zero-order chi connectivity index (χ0) is 16.9. The van der Waals surface area contributed by atoms with Crippen molar-refractivity contribution in [2.75, 3.05) is 13.1 Å². The zero-order valence-electron chi connectivity index (χ0n) is 14.9. The molecule has 0 bridgehead atoms. The fraction of sp³-hybridized carbons (Fsp3) is 0.706. The van der Waals surface area contributed by atoms with Crippen LogP contribution in [0.2, 0.25) is 0 Å². The molecule has 2 unspecified atom stereocenters. The molecular weight excluding hydrogens is 321 g/mol. The second-order valence-electron chi connectivity index (χ2n) is 7.90. The lowest BCUT2D eigenvalue weighted by molar-refractivity contribution is 0.00578. The Labute approximate surface area is 148 Å². The highest BCUT2D eigenvalue weighted by Gasteiger charge is 2.52. The molecule has 2 fully saturated rings. The van der Waals surface area contributed by atoms with Crippen molar-refractivity contribution in [3.8, 4) is 0 Å². The molecule has 1 aromatic heterocycles. The van der Waals surface area contributed by atoms with Gasteiger partial charge in [0, 0.05) is 9.65 Å². The Hall–Kier alpha value is -0.885. The van der Waals surface area contributed by atoms with Crippen LogP contribution in [-0.2, 0) is 9.31 Å². The summed E-state index contributed by atoms with van der Waals surface area (Å²) in [6.07, 6.45) is 2.42. The van der Waals surface area contributed by atoms with E-state index in [-0.39, 0.29) is 24.4 Å². The predicted octanol–water partition coefficient (Wildman–Crippen LogP) is 1.84. The van der Waals surface area contributed by atoms with Gasteiger partial charge in [0.25, 0.3) is 0 Å². The van der Waals surface area contributed by atoms with Crippen LogP contribution < -0.4 is 15.4 Å². The number of thiophene rings is 1. The minimum Gasteiger partial charge on any atom is -0.399 e. The van der Waals surface area contributed by atoms with Crippen LogP contribution >= 0.6 is 11.3 Å². The topological polar surface area (TPSA) is 54.9 Å². The summed E-state index contributed by atoms with van der Waals surface area (Å²) in [7, 11) is -0.271. The molecule has 0 amide bonds. The molecule has 3 aliphatic heterocycles.